The third kappa shape index (κ3) is 2.89. The van der Waals surface area contributed by atoms with Gasteiger partial charge in [0, 0.05) is 31.5 Å². The Labute approximate surface area is 161 Å². The minimum atomic E-state index is -0.0734. The van der Waals surface area contributed by atoms with Gasteiger partial charge in [0.2, 0.25) is 5.91 Å². The van der Waals surface area contributed by atoms with Crippen molar-refractivity contribution in [2.75, 3.05) is 13.1 Å². The number of para-hydroxylation sites is 2. The highest BCUT2D eigenvalue weighted by atomic mass is 16.2. The van der Waals surface area contributed by atoms with Gasteiger partial charge in [-0.3, -0.25) is 9.36 Å². The number of piperidine rings is 1. The number of pyridine rings is 1. The number of benzene rings is 1. The smallest absolute Gasteiger partial charge is 0.326 e. The van der Waals surface area contributed by atoms with Crippen LogP contribution in [0.25, 0.3) is 16.7 Å². The number of nitrogens with zero attached hydrogens (tertiary/aromatic N) is 4. The van der Waals surface area contributed by atoms with Crippen LogP contribution in [0.5, 0.6) is 0 Å². The molecule has 5 rings (SSSR count). The van der Waals surface area contributed by atoms with Crippen molar-refractivity contribution < 1.29 is 4.79 Å². The monoisotopic (exact) mass is 375 g/mol. The van der Waals surface area contributed by atoms with E-state index in [2.05, 4.69) is 9.97 Å². The predicted molar refractivity (Wildman–Crippen MR) is 106 cm³/mol. The molecule has 0 radical (unpaired) electrons. The SMILES string of the molecule is O=C(Cc1cn2ccccc2n1)N1CCC(n2c(=O)[nH]c3ccccc32)CC1. The minimum Gasteiger partial charge on any atom is -0.342 e. The summed E-state index contributed by atoms with van der Waals surface area (Å²) in [6.45, 7) is 1.31. The normalized spacial score (nSPS) is 15.5. The van der Waals surface area contributed by atoms with E-state index in [4.69, 9.17) is 0 Å². The van der Waals surface area contributed by atoms with Crippen LogP contribution in [0.2, 0.25) is 0 Å². The fraction of sp³-hybridized carbons (Fsp3) is 0.286. The van der Waals surface area contributed by atoms with Crippen molar-refractivity contribution in [3.63, 3.8) is 0 Å². The second-order valence-electron chi connectivity index (χ2n) is 7.30. The number of aromatic nitrogens is 4. The lowest BCUT2D eigenvalue weighted by atomic mass is 10.0. The van der Waals surface area contributed by atoms with Crippen LogP contribution in [0.4, 0.5) is 0 Å². The van der Waals surface area contributed by atoms with E-state index in [1.165, 1.54) is 0 Å². The van der Waals surface area contributed by atoms with Crippen molar-refractivity contribution in [3.05, 3.63) is 71.0 Å². The van der Waals surface area contributed by atoms with E-state index in [-0.39, 0.29) is 17.6 Å². The molecule has 1 amide bonds. The lowest BCUT2D eigenvalue weighted by Gasteiger charge is -2.32. The number of carbonyl (C=O) groups excluding carboxylic acids is 1. The number of amides is 1. The Morgan fingerprint density at radius 2 is 1.89 bits per heavy atom. The Morgan fingerprint density at radius 3 is 2.71 bits per heavy atom. The summed E-state index contributed by atoms with van der Waals surface area (Å²) in [6.07, 6.45) is 5.70. The molecule has 1 aliphatic heterocycles. The molecule has 142 valence electrons. The maximum atomic E-state index is 12.7. The van der Waals surface area contributed by atoms with Gasteiger partial charge in [-0.1, -0.05) is 18.2 Å². The minimum absolute atomic E-state index is 0.0734. The fourth-order valence-electron chi connectivity index (χ4n) is 4.15. The van der Waals surface area contributed by atoms with Crippen LogP contribution >= 0.6 is 0 Å². The zero-order valence-electron chi connectivity index (χ0n) is 15.4. The van der Waals surface area contributed by atoms with Crippen molar-refractivity contribution in [1.82, 2.24) is 23.8 Å². The van der Waals surface area contributed by atoms with E-state index >= 15 is 0 Å². The molecule has 1 aromatic carbocycles. The van der Waals surface area contributed by atoms with Crippen molar-refractivity contribution in [2.45, 2.75) is 25.3 Å². The number of nitrogens with one attached hydrogen (secondary N) is 1. The Hall–Kier alpha value is -3.35. The molecule has 4 aromatic rings. The largest absolute Gasteiger partial charge is 0.342 e. The van der Waals surface area contributed by atoms with Crippen LogP contribution in [0.15, 0.2) is 59.7 Å². The zero-order valence-corrected chi connectivity index (χ0v) is 15.4. The molecule has 0 unspecified atom stereocenters. The average molecular weight is 375 g/mol. The molecule has 1 aliphatic rings. The maximum Gasteiger partial charge on any atom is 0.326 e. The van der Waals surface area contributed by atoms with Gasteiger partial charge in [-0.2, -0.15) is 0 Å². The summed E-state index contributed by atoms with van der Waals surface area (Å²) in [4.78, 5) is 34.4. The van der Waals surface area contributed by atoms with Gasteiger partial charge in [0.1, 0.15) is 5.65 Å². The molecule has 28 heavy (non-hydrogen) atoms. The third-order valence-electron chi connectivity index (χ3n) is 5.55. The molecular weight excluding hydrogens is 354 g/mol. The topological polar surface area (TPSA) is 75.4 Å². The van der Waals surface area contributed by atoms with Gasteiger partial charge in [-0.15, -0.1) is 0 Å². The number of rotatable bonds is 3. The summed E-state index contributed by atoms with van der Waals surface area (Å²) in [5.41, 5.74) is 3.35. The number of likely N-dealkylation sites (tertiary alicyclic amines) is 1. The summed E-state index contributed by atoms with van der Waals surface area (Å²) in [6, 6.07) is 13.7. The number of carbonyl (C=O) groups is 1. The molecule has 3 aromatic heterocycles. The van der Waals surface area contributed by atoms with Crippen LogP contribution in [0, 0.1) is 0 Å². The van der Waals surface area contributed by atoms with Crippen LogP contribution in [-0.4, -0.2) is 42.8 Å². The van der Waals surface area contributed by atoms with E-state index in [9.17, 15) is 9.59 Å². The lowest BCUT2D eigenvalue weighted by molar-refractivity contribution is -0.131. The van der Waals surface area contributed by atoms with Crippen molar-refractivity contribution in [3.8, 4) is 0 Å². The van der Waals surface area contributed by atoms with Crippen molar-refractivity contribution in [2.24, 2.45) is 0 Å². The molecule has 1 N–H and O–H groups in total. The first-order valence-electron chi connectivity index (χ1n) is 9.59. The molecule has 7 heteroatoms. The molecule has 0 saturated carbocycles. The quantitative estimate of drug-likeness (QED) is 0.597. The summed E-state index contributed by atoms with van der Waals surface area (Å²) >= 11 is 0. The van der Waals surface area contributed by atoms with Crippen LogP contribution in [0.1, 0.15) is 24.6 Å². The summed E-state index contributed by atoms with van der Waals surface area (Å²) < 4.78 is 3.78. The van der Waals surface area contributed by atoms with Crippen LogP contribution < -0.4 is 5.69 Å². The molecular formula is C21H21N5O2. The van der Waals surface area contributed by atoms with E-state index in [0.717, 1.165) is 35.2 Å². The van der Waals surface area contributed by atoms with Gasteiger partial charge < -0.3 is 14.3 Å². The number of aromatic amines is 1. The van der Waals surface area contributed by atoms with Crippen molar-refractivity contribution >= 4 is 22.6 Å². The van der Waals surface area contributed by atoms with E-state index in [1.54, 1.807) is 0 Å². The van der Waals surface area contributed by atoms with Gasteiger partial charge in [-0.25, -0.2) is 9.78 Å². The molecule has 0 aliphatic carbocycles. The Kier molecular flexibility index (Phi) is 4.00. The van der Waals surface area contributed by atoms with Crippen LogP contribution in [-0.2, 0) is 11.2 Å². The van der Waals surface area contributed by atoms with E-state index in [0.29, 0.717) is 19.5 Å². The van der Waals surface area contributed by atoms with Gasteiger partial charge in [0.25, 0.3) is 0 Å². The Balaban J connectivity index is 1.28. The number of hydrogen-bond acceptors (Lipinski definition) is 3. The molecule has 4 heterocycles. The fourth-order valence-corrected chi connectivity index (χ4v) is 4.15. The summed E-state index contributed by atoms with van der Waals surface area (Å²) in [5.74, 6) is 0.0909. The standard InChI is InChI=1S/C21H21N5O2/c27-20(13-15-14-25-10-4-3-7-19(25)22-15)24-11-8-16(9-12-24)26-18-6-2-1-5-17(18)23-21(26)28/h1-7,10,14,16H,8-9,11-13H2,(H,23,28). The van der Waals surface area contributed by atoms with E-state index in [1.807, 2.05) is 68.7 Å². The number of fused-ring (bicyclic) bond motifs is 2. The molecule has 1 saturated heterocycles. The first kappa shape index (κ1) is 16.8. The molecule has 1 fully saturated rings. The highest BCUT2D eigenvalue weighted by Gasteiger charge is 2.26. The molecule has 7 nitrogen and oxygen atoms in total. The zero-order chi connectivity index (χ0) is 19.1. The van der Waals surface area contributed by atoms with Gasteiger partial charge in [0.15, 0.2) is 0 Å². The average Bonchev–Trinajstić information content (AvgIpc) is 3.27. The highest BCUT2D eigenvalue weighted by Crippen LogP contribution is 2.25. The molecule has 0 atom stereocenters. The highest BCUT2D eigenvalue weighted by molar-refractivity contribution is 5.78. The first-order chi connectivity index (χ1) is 13.7. The van der Waals surface area contributed by atoms with Gasteiger partial charge >= 0.3 is 5.69 Å². The predicted octanol–water partition coefficient (Wildman–Crippen LogP) is 2.38. The first-order valence-corrected chi connectivity index (χ1v) is 9.59. The van der Waals surface area contributed by atoms with Crippen LogP contribution in [0.3, 0.4) is 0 Å². The third-order valence-corrected chi connectivity index (χ3v) is 5.55. The van der Waals surface area contributed by atoms with Crippen molar-refractivity contribution in [1.29, 1.82) is 0 Å². The lowest BCUT2D eigenvalue weighted by Crippen LogP contribution is -2.41. The Morgan fingerprint density at radius 1 is 1.11 bits per heavy atom. The number of hydrogen-bond donors (Lipinski definition) is 1. The number of H-pyrrole nitrogens is 1. The van der Waals surface area contributed by atoms with Gasteiger partial charge in [-0.05, 0) is 37.1 Å². The van der Waals surface area contributed by atoms with E-state index < -0.39 is 0 Å². The summed E-state index contributed by atoms with van der Waals surface area (Å²) in [5, 5.41) is 0. The number of imidazole rings is 2. The molecule has 0 bridgehead atoms. The second-order valence-corrected chi connectivity index (χ2v) is 7.30. The van der Waals surface area contributed by atoms with Gasteiger partial charge in [0.05, 0.1) is 23.1 Å². The second kappa shape index (κ2) is 6.67. The summed E-state index contributed by atoms with van der Waals surface area (Å²) in [7, 11) is 0. The molecule has 0 spiro atoms. The Bertz CT molecular complexity index is 1180. The maximum absolute atomic E-state index is 12.7.